The molecule has 3 unspecified atom stereocenters. The van der Waals surface area contributed by atoms with Gasteiger partial charge in [-0.05, 0) is 74.1 Å². The largest absolute Gasteiger partial charge is 0.496 e. The van der Waals surface area contributed by atoms with Crippen LogP contribution in [0.5, 0.6) is 5.75 Å². The highest BCUT2D eigenvalue weighted by molar-refractivity contribution is 5.37. The smallest absolute Gasteiger partial charge is 0.121 e. The molecule has 2 saturated carbocycles. The maximum Gasteiger partial charge on any atom is 0.121 e. The summed E-state index contributed by atoms with van der Waals surface area (Å²) < 4.78 is 5.39. The normalized spacial score (nSPS) is 29.1. The Kier molecular flexibility index (Phi) is 4.02. The summed E-state index contributed by atoms with van der Waals surface area (Å²) >= 11 is 0. The molecule has 2 aliphatic carbocycles. The third-order valence-electron chi connectivity index (χ3n) is 5.14. The number of fused-ring (bicyclic) bond motifs is 1. The van der Waals surface area contributed by atoms with Crippen LogP contribution in [0.25, 0.3) is 0 Å². The van der Waals surface area contributed by atoms with Crippen molar-refractivity contribution < 1.29 is 4.74 Å². The first-order valence-electron chi connectivity index (χ1n) is 8.10. The number of benzene rings is 1. The van der Waals surface area contributed by atoms with Crippen molar-refractivity contribution in [1.29, 1.82) is 0 Å². The van der Waals surface area contributed by atoms with Gasteiger partial charge >= 0.3 is 0 Å². The molecule has 0 aliphatic heterocycles. The fraction of sp³-hybridized carbons (Fsp3) is 0.667. The van der Waals surface area contributed by atoms with Crippen LogP contribution in [-0.4, -0.2) is 13.7 Å². The lowest BCUT2D eigenvalue weighted by Crippen LogP contribution is -2.28. The number of aryl methyl sites for hydroxylation is 1. The molecule has 0 heterocycles. The highest BCUT2D eigenvalue weighted by Gasteiger charge is 2.47. The Balaban J connectivity index is 1.78. The number of hydrogen-bond acceptors (Lipinski definition) is 2. The van der Waals surface area contributed by atoms with Crippen LogP contribution in [-0.2, 0) is 0 Å². The Hall–Kier alpha value is -1.02. The van der Waals surface area contributed by atoms with Gasteiger partial charge in [-0.1, -0.05) is 19.1 Å². The third-order valence-corrected chi connectivity index (χ3v) is 5.14. The van der Waals surface area contributed by atoms with Gasteiger partial charge in [-0.15, -0.1) is 0 Å². The predicted molar refractivity (Wildman–Crippen MR) is 83.1 cm³/mol. The quantitative estimate of drug-likeness (QED) is 0.843. The van der Waals surface area contributed by atoms with E-state index in [-0.39, 0.29) is 0 Å². The van der Waals surface area contributed by atoms with Gasteiger partial charge in [-0.25, -0.2) is 0 Å². The van der Waals surface area contributed by atoms with E-state index in [1.54, 1.807) is 7.11 Å². The predicted octanol–water partition coefficient (Wildman–Crippen LogP) is 4.09. The first-order chi connectivity index (χ1) is 9.72. The third kappa shape index (κ3) is 2.71. The fourth-order valence-electron chi connectivity index (χ4n) is 3.99. The standard InChI is InChI=1S/C18H27NO/c1-4-7-19-18(16-10-14-9-15(14)11-16)13-5-6-17(20-3)12(2)8-13/h5-6,8,14-16,18-19H,4,7,9-11H2,1-3H3. The van der Waals surface area contributed by atoms with E-state index in [0.29, 0.717) is 6.04 Å². The van der Waals surface area contributed by atoms with Crippen LogP contribution in [0, 0.1) is 24.7 Å². The van der Waals surface area contributed by atoms with E-state index in [1.807, 2.05) is 0 Å². The molecular formula is C18H27NO. The average molecular weight is 273 g/mol. The monoisotopic (exact) mass is 273 g/mol. The number of rotatable bonds is 6. The van der Waals surface area contributed by atoms with Gasteiger partial charge < -0.3 is 10.1 Å². The maximum atomic E-state index is 5.39. The second kappa shape index (κ2) is 5.77. The highest BCUT2D eigenvalue weighted by atomic mass is 16.5. The van der Waals surface area contributed by atoms with Crippen LogP contribution in [0.15, 0.2) is 18.2 Å². The van der Waals surface area contributed by atoms with Gasteiger partial charge in [0.1, 0.15) is 5.75 Å². The first kappa shape index (κ1) is 13.9. The molecule has 0 saturated heterocycles. The van der Waals surface area contributed by atoms with Crippen LogP contribution < -0.4 is 10.1 Å². The topological polar surface area (TPSA) is 21.3 Å². The van der Waals surface area contributed by atoms with Gasteiger partial charge in [-0.3, -0.25) is 0 Å². The molecule has 1 N–H and O–H groups in total. The molecule has 20 heavy (non-hydrogen) atoms. The zero-order valence-electron chi connectivity index (χ0n) is 13.0. The van der Waals surface area contributed by atoms with Crippen molar-refractivity contribution >= 4 is 0 Å². The Morgan fingerprint density at radius 2 is 2.00 bits per heavy atom. The molecule has 0 aromatic heterocycles. The molecule has 2 aliphatic rings. The van der Waals surface area contributed by atoms with E-state index in [2.05, 4.69) is 37.4 Å². The molecule has 3 rings (SSSR count). The average Bonchev–Trinajstić information content (AvgIpc) is 3.06. The van der Waals surface area contributed by atoms with Crippen molar-refractivity contribution in [2.75, 3.05) is 13.7 Å². The van der Waals surface area contributed by atoms with Gasteiger partial charge in [0.05, 0.1) is 7.11 Å². The second-order valence-electron chi connectivity index (χ2n) is 6.65. The molecule has 0 amide bonds. The lowest BCUT2D eigenvalue weighted by Gasteiger charge is -2.27. The van der Waals surface area contributed by atoms with E-state index in [0.717, 1.165) is 30.0 Å². The zero-order valence-corrected chi connectivity index (χ0v) is 13.0. The Morgan fingerprint density at radius 1 is 1.25 bits per heavy atom. The molecule has 3 atom stereocenters. The minimum atomic E-state index is 0.535. The van der Waals surface area contributed by atoms with E-state index in [9.17, 15) is 0 Å². The molecule has 2 nitrogen and oxygen atoms in total. The van der Waals surface area contributed by atoms with Crippen molar-refractivity contribution in [2.24, 2.45) is 17.8 Å². The molecule has 1 aromatic carbocycles. The van der Waals surface area contributed by atoms with Crippen molar-refractivity contribution in [1.82, 2.24) is 5.32 Å². The molecule has 2 heteroatoms. The number of methoxy groups -OCH3 is 1. The highest BCUT2D eigenvalue weighted by Crippen LogP contribution is 2.57. The number of nitrogens with one attached hydrogen (secondary N) is 1. The minimum absolute atomic E-state index is 0.535. The van der Waals surface area contributed by atoms with Crippen LogP contribution in [0.3, 0.4) is 0 Å². The molecular weight excluding hydrogens is 246 g/mol. The molecule has 1 aromatic rings. The number of hydrogen-bond donors (Lipinski definition) is 1. The van der Waals surface area contributed by atoms with Crippen LogP contribution in [0.2, 0.25) is 0 Å². The van der Waals surface area contributed by atoms with Crippen LogP contribution >= 0.6 is 0 Å². The lowest BCUT2D eigenvalue weighted by atomic mass is 9.88. The van der Waals surface area contributed by atoms with Gasteiger partial charge in [0.25, 0.3) is 0 Å². The van der Waals surface area contributed by atoms with Gasteiger partial charge in [0.15, 0.2) is 0 Å². The Bertz CT molecular complexity index is 460. The van der Waals surface area contributed by atoms with Gasteiger partial charge in [0, 0.05) is 6.04 Å². The summed E-state index contributed by atoms with van der Waals surface area (Å²) in [5, 5.41) is 3.79. The summed E-state index contributed by atoms with van der Waals surface area (Å²) in [5.41, 5.74) is 2.69. The molecule has 2 fully saturated rings. The molecule has 0 spiro atoms. The van der Waals surface area contributed by atoms with E-state index < -0.39 is 0 Å². The van der Waals surface area contributed by atoms with E-state index in [1.165, 1.54) is 36.8 Å². The lowest BCUT2D eigenvalue weighted by molar-refractivity contribution is 0.341. The van der Waals surface area contributed by atoms with E-state index >= 15 is 0 Å². The summed E-state index contributed by atoms with van der Waals surface area (Å²) in [4.78, 5) is 0. The molecule has 0 radical (unpaired) electrons. The van der Waals surface area contributed by atoms with Crippen LogP contribution in [0.1, 0.15) is 49.8 Å². The van der Waals surface area contributed by atoms with Crippen molar-refractivity contribution in [3.8, 4) is 5.75 Å². The van der Waals surface area contributed by atoms with Crippen LogP contribution in [0.4, 0.5) is 0 Å². The van der Waals surface area contributed by atoms with Gasteiger partial charge in [0.2, 0.25) is 0 Å². The van der Waals surface area contributed by atoms with Gasteiger partial charge in [-0.2, -0.15) is 0 Å². The summed E-state index contributed by atoms with van der Waals surface area (Å²) in [5.74, 6) is 3.92. The molecule has 110 valence electrons. The maximum absolute atomic E-state index is 5.39. The Labute approximate surface area is 122 Å². The summed E-state index contributed by atoms with van der Waals surface area (Å²) in [7, 11) is 1.75. The van der Waals surface area contributed by atoms with E-state index in [4.69, 9.17) is 4.74 Å². The van der Waals surface area contributed by atoms with Crippen molar-refractivity contribution in [3.05, 3.63) is 29.3 Å². The summed E-state index contributed by atoms with van der Waals surface area (Å²) in [6.45, 7) is 5.50. The molecule has 0 bridgehead atoms. The fourth-order valence-corrected chi connectivity index (χ4v) is 3.99. The first-order valence-corrected chi connectivity index (χ1v) is 8.10. The second-order valence-corrected chi connectivity index (χ2v) is 6.65. The van der Waals surface area contributed by atoms with Crippen molar-refractivity contribution in [3.63, 3.8) is 0 Å². The Morgan fingerprint density at radius 3 is 2.60 bits per heavy atom. The van der Waals surface area contributed by atoms with Crippen molar-refractivity contribution in [2.45, 2.75) is 45.6 Å². The summed E-state index contributed by atoms with van der Waals surface area (Å²) in [6, 6.07) is 7.23. The number of ether oxygens (including phenoxy) is 1. The zero-order chi connectivity index (χ0) is 14.1. The summed E-state index contributed by atoms with van der Waals surface area (Å²) in [6.07, 6.45) is 5.55. The SMILES string of the molecule is CCCNC(c1ccc(OC)c(C)c1)C1CC2CC2C1. The minimum Gasteiger partial charge on any atom is -0.496 e.